The fourth-order valence-corrected chi connectivity index (χ4v) is 4.50. The second-order valence-electron chi connectivity index (χ2n) is 7.19. The van der Waals surface area contributed by atoms with Crippen molar-refractivity contribution in [3.05, 3.63) is 89.5 Å². The Hall–Kier alpha value is -3.32. The van der Waals surface area contributed by atoms with Crippen LogP contribution in [0.5, 0.6) is 5.75 Å². The minimum atomic E-state index is -3.87. The lowest BCUT2D eigenvalue weighted by Crippen LogP contribution is -2.26. The summed E-state index contributed by atoms with van der Waals surface area (Å²) in [6.07, 6.45) is 0. The fraction of sp³-hybridized carbons (Fsp3) is 0.208. The summed E-state index contributed by atoms with van der Waals surface area (Å²) in [7, 11) is -2.18. The number of ether oxygens (including phenoxy) is 1. The highest BCUT2D eigenvalue weighted by atomic mass is 32.2. The molecule has 0 atom stereocenters. The van der Waals surface area contributed by atoms with Gasteiger partial charge in [0.2, 0.25) is 0 Å². The van der Waals surface area contributed by atoms with Crippen molar-refractivity contribution in [1.82, 2.24) is 4.90 Å². The van der Waals surface area contributed by atoms with Gasteiger partial charge in [0, 0.05) is 24.8 Å². The van der Waals surface area contributed by atoms with E-state index in [-0.39, 0.29) is 10.8 Å². The van der Waals surface area contributed by atoms with Crippen LogP contribution in [0.1, 0.15) is 28.4 Å². The lowest BCUT2D eigenvalue weighted by atomic mass is 10.1. The van der Waals surface area contributed by atoms with E-state index >= 15 is 0 Å². The topological polar surface area (TPSA) is 75.7 Å². The lowest BCUT2D eigenvalue weighted by Gasteiger charge is -2.18. The molecule has 0 spiro atoms. The molecule has 1 N–H and O–H groups in total. The smallest absolute Gasteiger partial charge is 0.262 e. The molecule has 162 valence electrons. The first-order chi connectivity index (χ1) is 14.8. The summed E-state index contributed by atoms with van der Waals surface area (Å²) in [4.78, 5) is 14.5. The van der Waals surface area contributed by atoms with Crippen LogP contribution in [0.15, 0.2) is 77.7 Å². The van der Waals surface area contributed by atoms with E-state index in [0.29, 0.717) is 35.7 Å². The molecule has 0 aromatic heterocycles. The van der Waals surface area contributed by atoms with Gasteiger partial charge in [-0.05, 0) is 61.4 Å². The van der Waals surface area contributed by atoms with E-state index in [0.717, 1.165) is 5.56 Å². The Morgan fingerprint density at radius 3 is 2.32 bits per heavy atom. The summed E-state index contributed by atoms with van der Waals surface area (Å²) in [5, 5.41) is 0. The number of anilines is 1. The van der Waals surface area contributed by atoms with Gasteiger partial charge in [-0.15, -0.1) is 0 Å². The fourth-order valence-electron chi connectivity index (χ4n) is 3.17. The van der Waals surface area contributed by atoms with Gasteiger partial charge in [0.15, 0.2) is 0 Å². The van der Waals surface area contributed by atoms with Crippen molar-refractivity contribution < 1.29 is 17.9 Å². The molecule has 7 heteroatoms. The van der Waals surface area contributed by atoms with Crippen molar-refractivity contribution in [2.45, 2.75) is 25.3 Å². The Kier molecular flexibility index (Phi) is 6.97. The number of hydrogen-bond acceptors (Lipinski definition) is 4. The van der Waals surface area contributed by atoms with Gasteiger partial charge in [-0.2, -0.15) is 0 Å². The highest BCUT2D eigenvalue weighted by Crippen LogP contribution is 2.23. The minimum absolute atomic E-state index is 0.0698. The molecule has 0 heterocycles. The van der Waals surface area contributed by atoms with Crippen molar-refractivity contribution >= 4 is 21.6 Å². The maximum absolute atomic E-state index is 13.0. The van der Waals surface area contributed by atoms with Gasteiger partial charge in [-0.25, -0.2) is 8.42 Å². The molecule has 1 amide bonds. The normalized spacial score (nSPS) is 11.1. The first kappa shape index (κ1) is 22.4. The standard InChI is InChI=1S/C24H26N2O4S/c1-4-30-22-14-12-21(13-15-22)25-31(28,29)23-16-20(11-10-18(23)2)24(27)26(3)17-19-8-6-5-7-9-19/h5-16,25H,4,17H2,1-3H3. The summed E-state index contributed by atoms with van der Waals surface area (Å²) in [6, 6.07) is 21.0. The summed E-state index contributed by atoms with van der Waals surface area (Å²) in [6.45, 7) is 4.55. The number of hydrogen-bond donors (Lipinski definition) is 1. The number of benzene rings is 3. The molecule has 31 heavy (non-hydrogen) atoms. The van der Waals surface area contributed by atoms with E-state index < -0.39 is 10.0 Å². The van der Waals surface area contributed by atoms with Crippen LogP contribution in [0.2, 0.25) is 0 Å². The SMILES string of the molecule is CCOc1ccc(NS(=O)(=O)c2cc(C(=O)N(C)Cc3ccccc3)ccc2C)cc1. The highest BCUT2D eigenvalue weighted by Gasteiger charge is 2.21. The van der Waals surface area contributed by atoms with Gasteiger partial charge < -0.3 is 9.64 Å². The Morgan fingerprint density at radius 2 is 1.68 bits per heavy atom. The van der Waals surface area contributed by atoms with Crippen LogP contribution < -0.4 is 9.46 Å². The van der Waals surface area contributed by atoms with E-state index in [2.05, 4.69) is 4.72 Å². The van der Waals surface area contributed by atoms with Crippen LogP contribution in [0.3, 0.4) is 0 Å². The molecular formula is C24H26N2O4S. The Bertz CT molecular complexity index is 1140. The molecule has 3 aromatic carbocycles. The monoisotopic (exact) mass is 438 g/mol. The third kappa shape index (κ3) is 5.64. The van der Waals surface area contributed by atoms with Crippen molar-refractivity contribution in [3.8, 4) is 5.75 Å². The maximum atomic E-state index is 13.0. The van der Waals surface area contributed by atoms with Crippen LogP contribution in [0.25, 0.3) is 0 Å². The van der Waals surface area contributed by atoms with Gasteiger partial charge in [0.25, 0.3) is 15.9 Å². The second kappa shape index (κ2) is 9.66. The Labute approximate surface area is 183 Å². The molecule has 0 fully saturated rings. The summed E-state index contributed by atoms with van der Waals surface area (Å²) in [5.41, 5.74) is 2.29. The van der Waals surface area contributed by atoms with Gasteiger partial charge in [0.1, 0.15) is 5.75 Å². The molecule has 3 rings (SSSR count). The van der Waals surface area contributed by atoms with E-state index in [4.69, 9.17) is 4.74 Å². The van der Waals surface area contributed by atoms with Crippen LogP contribution in [0.4, 0.5) is 5.69 Å². The predicted octanol–water partition coefficient (Wildman–Crippen LogP) is 4.47. The molecule has 3 aromatic rings. The van der Waals surface area contributed by atoms with Crippen molar-refractivity contribution in [2.24, 2.45) is 0 Å². The van der Waals surface area contributed by atoms with Crippen LogP contribution >= 0.6 is 0 Å². The molecule has 0 bridgehead atoms. The third-order valence-electron chi connectivity index (χ3n) is 4.75. The zero-order valence-electron chi connectivity index (χ0n) is 17.8. The number of sulfonamides is 1. The Balaban J connectivity index is 1.81. The van der Waals surface area contributed by atoms with E-state index in [1.54, 1.807) is 55.3 Å². The molecule has 0 unspecified atom stereocenters. The average Bonchev–Trinajstić information content (AvgIpc) is 2.75. The molecule has 0 aliphatic rings. The highest BCUT2D eigenvalue weighted by molar-refractivity contribution is 7.92. The van der Waals surface area contributed by atoms with E-state index in [9.17, 15) is 13.2 Å². The van der Waals surface area contributed by atoms with E-state index in [1.807, 2.05) is 37.3 Å². The summed E-state index contributed by atoms with van der Waals surface area (Å²) in [5.74, 6) is 0.414. The second-order valence-corrected chi connectivity index (χ2v) is 8.84. The number of aryl methyl sites for hydroxylation is 1. The zero-order valence-corrected chi connectivity index (χ0v) is 18.6. The quantitative estimate of drug-likeness (QED) is 0.563. The predicted molar refractivity (Wildman–Crippen MR) is 122 cm³/mol. The molecule has 6 nitrogen and oxygen atoms in total. The van der Waals surface area contributed by atoms with Crippen molar-refractivity contribution in [3.63, 3.8) is 0 Å². The molecular weight excluding hydrogens is 412 g/mol. The average molecular weight is 439 g/mol. The van der Waals surface area contributed by atoms with E-state index in [1.165, 1.54) is 6.07 Å². The number of carbonyl (C=O) groups is 1. The molecule has 0 aliphatic heterocycles. The number of nitrogens with one attached hydrogen (secondary N) is 1. The van der Waals surface area contributed by atoms with Gasteiger partial charge >= 0.3 is 0 Å². The molecule has 0 radical (unpaired) electrons. The van der Waals surface area contributed by atoms with Crippen LogP contribution in [-0.2, 0) is 16.6 Å². The first-order valence-corrected chi connectivity index (χ1v) is 11.4. The number of nitrogens with zero attached hydrogens (tertiary/aromatic N) is 1. The van der Waals surface area contributed by atoms with Gasteiger partial charge in [-0.3, -0.25) is 9.52 Å². The molecule has 0 aliphatic carbocycles. The number of rotatable bonds is 8. The maximum Gasteiger partial charge on any atom is 0.262 e. The van der Waals surface area contributed by atoms with Crippen LogP contribution in [-0.4, -0.2) is 32.9 Å². The van der Waals surface area contributed by atoms with Gasteiger partial charge in [-0.1, -0.05) is 36.4 Å². The third-order valence-corrected chi connectivity index (χ3v) is 6.27. The molecule has 0 saturated carbocycles. The minimum Gasteiger partial charge on any atom is -0.494 e. The first-order valence-electron chi connectivity index (χ1n) is 9.96. The zero-order chi connectivity index (χ0) is 22.4. The number of amides is 1. The lowest BCUT2D eigenvalue weighted by molar-refractivity contribution is 0.0785. The van der Waals surface area contributed by atoms with Crippen molar-refractivity contribution in [2.75, 3.05) is 18.4 Å². The van der Waals surface area contributed by atoms with Crippen molar-refractivity contribution in [1.29, 1.82) is 0 Å². The van der Waals surface area contributed by atoms with Crippen LogP contribution in [0, 0.1) is 6.92 Å². The Morgan fingerprint density at radius 1 is 1.00 bits per heavy atom. The molecule has 0 saturated heterocycles. The summed E-state index contributed by atoms with van der Waals surface area (Å²) < 4.78 is 34.0. The summed E-state index contributed by atoms with van der Waals surface area (Å²) >= 11 is 0. The number of carbonyl (C=O) groups excluding carboxylic acids is 1. The largest absolute Gasteiger partial charge is 0.494 e. The van der Waals surface area contributed by atoms with Gasteiger partial charge in [0.05, 0.1) is 11.5 Å².